The zero-order valence-electron chi connectivity index (χ0n) is 46.6. The Labute approximate surface area is 487 Å². The van der Waals surface area contributed by atoms with Crippen molar-refractivity contribution in [2.45, 2.75) is 19.3 Å². The summed E-state index contributed by atoms with van der Waals surface area (Å²) in [5.74, 6) is 0. The molecule has 13 aromatic carbocycles. The summed E-state index contributed by atoms with van der Waals surface area (Å²) >= 11 is 0. The minimum Gasteiger partial charge on any atom is -0.309 e. The number of para-hydroxylation sites is 4. The van der Waals surface area contributed by atoms with E-state index in [1.807, 2.05) is 0 Å². The zero-order valence-corrected chi connectivity index (χ0v) is 46.6. The Morgan fingerprint density at radius 1 is 0.238 bits per heavy atom. The van der Waals surface area contributed by atoms with E-state index in [9.17, 15) is 0 Å². The van der Waals surface area contributed by atoms with Crippen molar-refractivity contribution in [3.05, 3.63) is 331 Å². The molecule has 0 unspecified atom stereocenters. The Morgan fingerprint density at radius 2 is 0.583 bits per heavy atom. The predicted octanol–water partition coefficient (Wildman–Crippen LogP) is 21.0. The van der Waals surface area contributed by atoms with Crippen molar-refractivity contribution >= 4 is 65.4 Å². The molecule has 0 bridgehead atoms. The van der Waals surface area contributed by atoms with Crippen molar-refractivity contribution in [2.24, 2.45) is 0 Å². The van der Waals surface area contributed by atoms with Crippen LogP contribution in [0.4, 0.5) is 0 Å². The Morgan fingerprint density at radius 3 is 1.05 bits per heavy atom. The van der Waals surface area contributed by atoms with Gasteiger partial charge in [0.15, 0.2) is 0 Å². The number of fused-ring (bicyclic) bond motifs is 12. The van der Waals surface area contributed by atoms with E-state index >= 15 is 0 Å². The summed E-state index contributed by atoms with van der Waals surface area (Å²) in [4.78, 5) is 0. The summed E-state index contributed by atoms with van der Waals surface area (Å²) in [6, 6.07) is 111. The van der Waals surface area contributed by atoms with E-state index in [1.165, 1.54) is 143 Å². The van der Waals surface area contributed by atoms with Gasteiger partial charge in [-0.05, 0) is 195 Å². The predicted molar refractivity (Wildman–Crippen MR) is 353 cm³/mol. The van der Waals surface area contributed by atoms with Gasteiger partial charge in [-0.25, -0.2) is 0 Å². The molecular formula is C81H55N3. The van der Waals surface area contributed by atoms with Crippen molar-refractivity contribution < 1.29 is 0 Å². The molecule has 3 heterocycles. The van der Waals surface area contributed by atoms with Crippen LogP contribution in [0.3, 0.4) is 0 Å². The van der Waals surface area contributed by atoms with Crippen molar-refractivity contribution in [3.8, 4) is 61.6 Å². The number of nitrogens with zero attached hydrogens (tertiary/aromatic N) is 3. The van der Waals surface area contributed by atoms with Crippen molar-refractivity contribution in [1.29, 1.82) is 0 Å². The van der Waals surface area contributed by atoms with Crippen LogP contribution in [-0.4, -0.2) is 13.7 Å². The summed E-state index contributed by atoms with van der Waals surface area (Å²) in [6.07, 6.45) is 0. The van der Waals surface area contributed by atoms with E-state index in [0.717, 1.165) is 17.1 Å². The van der Waals surface area contributed by atoms with Gasteiger partial charge >= 0.3 is 0 Å². The summed E-state index contributed by atoms with van der Waals surface area (Å²) < 4.78 is 7.29. The van der Waals surface area contributed by atoms with Crippen LogP contribution in [0.15, 0.2) is 297 Å². The maximum atomic E-state index is 2.50. The molecule has 0 saturated heterocycles. The molecular weight excluding hydrogens is 1010 g/mol. The Bertz CT molecular complexity index is 5030. The minimum absolute atomic E-state index is 0.480. The lowest BCUT2D eigenvalue weighted by atomic mass is 9.67. The van der Waals surface area contributed by atoms with Gasteiger partial charge in [-0.15, -0.1) is 0 Å². The lowest BCUT2D eigenvalue weighted by Gasteiger charge is -2.34. The number of aryl methyl sites for hydroxylation is 2. The van der Waals surface area contributed by atoms with E-state index in [-0.39, 0.29) is 0 Å². The second kappa shape index (κ2) is 18.7. The average Bonchev–Trinajstić information content (AvgIpc) is 1.95. The molecule has 3 aromatic heterocycles. The van der Waals surface area contributed by atoms with Gasteiger partial charge < -0.3 is 13.7 Å². The van der Waals surface area contributed by atoms with Gasteiger partial charge in [0.2, 0.25) is 0 Å². The standard InChI is InChI=1S/C81H55N3/c1-52-45-63(46-53(2)80(52)58-35-40-65-64-29-15-18-32-72(64)81(73(65)51-58,59-21-7-3-8-22-59)60-23-9-4-10-24-60)84-78-43-38-56(54-36-41-76-68(47-54)66-30-16-19-33-74(66)82(76)61-25-11-5-12-26-61)49-70(78)71-50-57(39-44-79(71)84)55-37-42-77-69(48-55)67-31-17-20-34-75(67)83(77)62-27-13-6-14-28-62/h3-51H,1-2H3. The molecule has 17 rings (SSSR count). The fourth-order valence-corrected chi connectivity index (χ4v) is 14.8. The normalized spacial score (nSPS) is 12.7. The monoisotopic (exact) mass is 1070 g/mol. The summed E-state index contributed by atoms with van der Waals surface area (Å²) in [6.45, 7) is 4.60. The van der Waals surface area contributed by atoms with Crippen LogP contribution in [0, 0.1) is 13.8 Å². The van der Waals surface area contributed by atoms with Crippen molar-refractivity contribution in [2.75, 3.05) is 0 Å². The molecule has 0 amide bonds. The van der Waals surface area contributed by atoms with Gasteiger partial charge in [-0.2, -0.15) is 0 Å². The zero-order chi connectivity index (χ0) is 55.6. The van der Waals surface area contributed by atoms with E-state index in [1.54, 1.807) is 0 Å². The van der Waals surface area contributed by atoms with Gasteiger partial charge in [-0.3, -0.25) is 0 Å². The van der Waals surface area contributed by atoms with Gasteiger partial charge in [-0.1, -0.05) is 194 Å². The lowest BCUT2D eigenvalue weighted by Crippen LogP contribution is -2.28. The SMILES string of the molecule is Cc1cc(-n2c3ccc(-c4ccc5c(c4)c4ccccc4n5-c4ccccc4)cc3c3cc(-c4ccc5c(c4)c4ccccc4n5-c4ccccc4)ccc32)cc(C)c1-c1ccc2c(c1)C(c1ccccc1)(c1ccccc1)c1ccccc1-2. The molecule has 0 aliphatic heterocycles. The molecule has 0 saturated carbocycles. The molecule has 0 fully saturated rings. The van der Waals surface area contributed by atoms with Gasteiger partial charge in [0.1, 0.15) is 0 Å². The Balaban J connectivity index is 0.845. The minimum atomic E-state index is -0.480. The average molecular weight is 1070 g/mol. The van der Waals surface area contributed by atoms with Gasteiger partial charge in [0.05, 0.1) is 38.5 Å². The molecule has 394 valence electrons. The number of benzene rings is 13. The van der Waals surface area contributed by atoms with Crippen LogP contribution >= 0.6 is 0 Å². The fraction of sp³-hybridized carbons (Fsp3) is 0.0370. The first-order valence-electron chi connectivity index (χ1n) is 29.2. The van der Waals surface area contributed by atoms with Crippen LogP contribution in [-0.2, 0) is 5.41 Å². The first-order valence-corrected chi connectivity index (χ1v) is 29.2. The van der Waals surface area contributed by atoms with E-state index < -0.39 is 5.41 Å². The molecule has 1 aliphatic carbocycles. The molecule has 0 spiro atoms. The fourth-order valence-electron chi connectivity index (χ4n) is 14.8. The third-order valence-corrected chi connectivity index (χ3v) is 18.3. The van der Waals surface area contributed by atoms with Crippen LogP contribution in [0.25, 0.3) is 127 Å². The third-order valence-electron chi connectivity index (χ3n) is 18.3. The van der Waals surface area contributed by atoms with E-state index in [2.05, 4.69) is 325 Å². The molecule has 16 aromatic rings. The van der Waals surface area contributed by atoms with Crippen LogP contribution < -0.4 is 0 Å². The highest BCUT2D eigenvalue weighted by atomic mass is 15.0. The van der Waals surface area contributed by atoms with E-state index in [0.29, 0.717) is 0 Å². The summed E-state index contributed by atoms with van der Waals surface area (Å²) in [7, 11) is 0. The van der Waals surface area contributed by atoms with E-state index in [4.69, 9.17) is 0 Å². The maximum Gasteiger partial charge on any atom is 0.0713 e. The Hall–Kier alpha value is -10.7. The van der Waals surface area contributed by atoms with Crippen LogP contribution in [0.1, 0.15) is 33.4 Å². The molecule has 3 nitrogen and oxygen atoms in total. The largest absolute Gasteiger partial charge is 0.309 e. The topological polar surface area (TPSA) is 14.8 Å². The molecule has 84 heavy (non-hydrogen) atoms. The second-order valence-corrected chi connectivity index (χ2v) is 22.9. The van der Waals surface area contributed by atoms with Crippen LogP contribution in [0.5, 0.6) is 0 Å². The lowest BCUT2D eigenvalue weighted by molar-refractivity contribution is 0.769. The van der Waals surface area contributed by atoms with Gasteiger partial charge in [0.25, 0.3) is 0 Å². The quantitative estimate of drug-likeness (QED) is 0.144. The Kier molecular flexibility index (Phi) is 10.7. The highest BCUT2D eigenvalue weighted by Gasteiger charge is 2.46. The van der Waals surface area contributed by atoms with Crippen molar-refractivity contribution in [3.63, 3.8) is 0 Å². The number of hydrogen-bond acceptors (Lipinski definition) is 0. The number of hydrogen-bond donors (Lipinski definition) is 0. The molecule has 1 aliphatic rings. The molecule has 3 heteroatoms. The molecule has 0 radical (unpaired) electrons. The highest BCUT2D eigenvalue weighted by molar-refractivity contribution is 6.15. The second-order valence-electron chi connectivity index (χ2n) is 22.9. The first kappa shape index (κ1) is 48.0. The summed E-state index contributed by atoms with van der Waals surface area (Å²) in [5, 5.41) is 7.41. The maximum absolute atomic E-state index is 2.50. The third kappa shape index (κ3) is 7.06. The summed E-state index contributed by atoms with van der Waals surface area (Å²) in [5.41, 5.74) is 27.6. The van der Waals surface area contributed by atoms with Gasteiger partial charge in [0, 0.05) is 49.4 Å². The smallest absolute Gasteiger partial charge is 0.0713 e. The molecule has 0 N–H and O–H groups in total. The molecule has 0 atom stereocenters. The number of aromatic nitrogens is 3. The first-order chi connectivity index (χ1) is 41.5. The highest BCUT2D eigenvalue weighted by Crippen LogP contribution is 2.57. The number of rotatable bonds is 8. The van der Waals surface area contributed by atoms with Crippen LogP contribution in [0.2, 0.25) is 0 Å². The van der Waals surface area contributed by atoms with Crippen molar-refractivity contribution in [1.82, 2.24) is 13.7 Å².